The molecule has 2 aromatic heterocycles. The molecule has 0 fully saturated rings. The first-order valence-electron chi connectivity index (χ1n) is 10.0. The van der Waals surface area contributed by atoms with E-state index in [2.05, 4.69) is 25.6 Å². The Kier molecular flexibility index (Phi) is 7.46. The first-order chi connectivity index (χ1) is 16.9. The summed E-state index contributed by atoms with van der Waals surface area (Å²) in [7, 11) is 1.42. The van der Waals surface area contributed by atoms with Crippen LogP contribution in [0.25, 0.3) is 11.1 Å². The van der Waals surface area contributed by atoms with Crippen LogP contribution < -0.4 is 21.1 Å². The summed E-state index contributed by atoms with van der Waals surface area (Å²) in [6.45, 7) is 3.61. The van der Waals surface area contributed by atoms with Crippen LogP contribution in [0.5, 0.6) is 5.75 Å². The van der Waals surface area contributed by atoms with Crippen LogP contribution >= 0.6 is 0 Å². The molecule has 190 valence electrons. The van der Waals surface area contributed by atoms with E-state index >= 15 is 0 Å². The van der Waals surface area contributed by atoms with E-state index in [1.165, 1.54) is 7.11 Å². The number of nitrogens with one attached hydrogen (secondary N) is 3. The van der Waals surface area contributed by atoms with Crippen molar-refractivity contribution in [3.63, 3.8) is 0 Å². The van der Waals surface area contributed by atoms with Gasteiger partial charge >= 0.3 is 17.9 Å². The Morgan fingerprint density at radius 1 is 1.14 bits per heavy atom. The topological polar surface area (TPSA) is 142 Å². The van der Waals surface area contributed by atoms with E-state index in [0.29, 0.717) is 28.2 Å². The lowest BCUT2D eigenvalue weighted by atomic mass is 10.2. The Balaban J connectivity index is 0.000000454. The standard InChI is InChI=1S/C20H18FN5O3.C2HF3O2/c1-10-4-6-13(16(21)17(10)28-3)24-19-22-9-11(2)18(26-19)23-12-5-7-15-14(8-12)25-20(27)29-15;3-2(4,5)1(6)7/h4-9H,1-3H3,(H,25,27)(H2,22,23,24,26);(H,6,7). The Labute approximate surface area is 200 Å². The number of halogens is 4. The number of aromatic amines is 1. The van der Waals surface area contributed by atoms with Crippen LogP contribution in [0.3, 0.4) is 0 Å². The van der Waals surface area contributed by atoms with E-state index in [4.69, 9.17) is 19.1 Å². The van der Waals surface area contributed by atoms with Crippen LogP contribution in [0.1, 0.15) is 11.1 Å². The normalized spacial score (nSPS) is 11.0. The SMILES string of the molecule is COc1c(C)ccc(Nc2ncc(C)c(Nc3ccc4oc(=O)[nH]c4c3)n2)c1F.O=C(O)C(F)(F)F. The van der Waals surface area contributed by atoms with Gasteiger partial charge in [-0.1, -0.05) is 6.07 Å². The molecule has 0 saturated carbocycles. The Bertz CT molecular complexity index is 1470. The fraction of sp³-hybridized carbons (Fsp3) is 0.182. The molecule has 0 unspecified atom stereocenters. The average Bonchev–Trinajstić information content (AvgIpc) is 3.17. The van der Waals surface area contributed by atoms with Gasteiger partial charge in [-0.25, -0.2) is 19.0 Å². The first-order valence-corrected chi connectivity index (χ1v) is 10.0. The van der Waals surface area contributed by atoms with Crippen molar-refractivity contribution in [3.8, 4) is 5.75 Å². The minimum atomic E-state index is -5.08. The van der Waals surface area contributed by atoms with E-state index in [1.807, 2.05) is 6.92 Å². The number of hydrogen-bond donors (Lipinski definition) is 4. The lowest BCUT2D eigenvalue weighted by Crippen LogP contribution is -2.21. The summed E-state index contributed by atoms with van der Waals surface area (Å²) in [5.41, 5.74) is 3.42. The van der Waals surface area contributed by atoms with Crippen LogP contribution in [-0.4, -0.2) is 39.3 Å². The van der Waals surface area contributed by atoms with Crippen molar-refractivity contribution in [3.05, 3.63) is 64.0 Å². The third-order valence-electron chi connectivity index (χ3n) is 4.64. The maximum Gasteiger partial charge on any atom is 0.490 e. The zero-order chi connectivity index (χ0) is 26.6. The van der Waals surface area contributed by atoms with Gasteiger partial charge in [-0.3, -0.25) is 4.98 Å². The average molecular weight is 509 g/mol. The predicted molar refractivity (Wildman–Crippen MR) is 122 cm³/mol. The van der Waals surface area contributed by atoms with Gasteiger partial charge in [-0.15, -0.1) is 0 Å². The summed E-state index contributed by atoms with van der Waals surface area (Å²) >= 11 is 0. The molecule has 0 aliphatic carbocycles. The van der Waals surface area contributed by atoms with E-state index in [-0.39, 0.29) is 17.4 Å². The molecular formula is C22H19F4N5O5. The molecule has 2 aromatic carbocycles. The van der Waals surface area contributed by atoms with Crippen molar-refractivity contribution < 1.29 is 36.6 Å². The van der Waals surface area contributed by atoms with Gasteiger partial charge in [0.1, 0.15) is 5.82 Å². The highest BCUT2D eigenvalue weighted by atomic mass is 19.4. The number of fused-ring (bicyclic) bond motifs is 1. The minimum absolute atomic E-state index is 0.169. The van der Waals surface area contributed by atoms with E-state index < -0.39 is 23.7 Å². The maximum absolute atomic E-state index is 14.6. The molecule has 0 radical (unpaired) electrons. The Hall–Kier alpha value is -4.62. The number of carboxylic acids is 1. The summed E-state index contributed by atoms with van der Waals surface area (Å²) in [5, 5.41) is 13.2. The zero-order valence-corrected chi connectivity index (χ0v) is 19.0. The number of oxazole rings is 1. The smallest absolute Gasteiger partial charge is 0.490 e. The lowest BCUT2D eigenvalue weighted by Gasteiger charge is -2.13. The number of ether oxygens (including phenoxy) is 1. The molecule has 4 aromatic rings. The van der Waals surface area contributed by atoms with E-state index in [9.17, 15) is 22.4 Å². The molecule has 0 bridgehead atoms. The molecular weight excluding hydrogens is 490 g/mol. The van der Waals surface area contributed by atoms with Crippen molar-refractivity contribution in [1.82, 2.24) is 15.0 Å². The van der Waals surface area contributed by atoms with Crippen LogP contribution in [0.2, 0.25) is 0 Å². The number of aryl methyl sites for hydroxylation is 2. The summed E-state index contributed by atoms with van der Waals surface area (Å²) < 4.78 is 56.4. The van der Waals surface area contributed by atoms with E-state index in [1.54, 1.807) is 43.5 Å². The molecule has 0 amide bonds. The summed E-state index contributed by atoms with van der Waals surface area (Å²) in [4.78, 5) is 31.5. The van der Waals surface area contributed by atoms with Gasteiger partial charge in [0.15, 0.2) is 17.1 Å². The largest absolute Gasteiger partial charge is 0.493 e. The second-order valence-corrected chi connectivity index (χ2v) is 7.28. The number of hydrogen-bond acceptors (Lipinski definition) is 8. The molecule has 2 heterocycles. The number of aromatic nitrogens is 3. The summed E-state index contributed by atoms with van der Waals surface area (Å²) in [5.74, 6) is -2.86. The second-order valence-electron chi connectivity index (χ2n) is 7.28. The molecule has 4 N–H and O–H groups in total. The van der Waals surface area contributed by atoms with Crippen LogP contribution in [0, 0.1) is 19.7 Å². The van der Waals surface area contributed by atoms with Crippen molar-refractivity contribution in [2.24, 2.45) is 0 Å². The van der Waals surface area contributed by atoms with Crippen molar-refractivity contribution in [1.29, 1.82) is 0 Å². The van der Waals surface area contributed by atoms with Gasteiger partial charge in [0.2, 0.25) is 5.95 Å². The maximum atomic E-state index is 14.6. The second kappa shape index (κ2) is 10.3. The lowest BCUT2D eigenvalue weighted by molar-refractivity contribution is -0.192. The molecule has 10 nitrogen and oxygen atoms in total. The van der Waals surface area contributed by atoms with Gasteiger partial charge in [-0.2, -0.15) is 18.2 Å². The van der Waals surface area contributed by atoms with Gasteiger partial charge in [-0.05, 0) is 43.7 Å². The number of carboxylic acid groups (broad SMARTS) is 1. The van der Waals surface area contributed by atoms with Crippen LogP contribution in [0.4, 0.5) is 40.7 Å². The number of benzene rings is 2. The Morgan fingerprint density at radius 3 is 2.47 bits per heavy atom. The highest BCUT2D eigenvalue weighted by Gasteiger charge is 2.38. The quantitative estimate of drug-likeness (QED) is 0.279. The number of H-pyrrole nitrogens is 1. The number of carbonyl (C=O) groups is 1. The Morgan fingerprint density at radius 2 is 1.83 bits per heavy atom. The van der Waals surface area contributed by atoms with Crippen molar-refractivity contribution >= 4 is 40.2 Å². The van der Waals surface area contributed by atoms with E-state index in [0.717, 1.165) is 5.56 Å². The fourth-order valence-corrected chi connectivity index (χ4v) is 2.92. The van der Waals surface area contributed by atoms with Gasteiger partial charge < -0.3 is 24.9 Å². The molecule has 36 heavy (non-hydrogen) atoms. The van der Waals surface area contributed by atoms with Crippen LogP contribution in [-0.2, 0) is 4.79 Å². The third-order valence-corrected chi connectivity index (χ3v) is 4.64. The third kappa shape index (κ3) is 6.08. The predicted octanol–water partition coefficient (Wildman–Crippen LogP) is 4.80. The number of aliphatic carboxylic acids is 1. The first kappa shape index (κ1) is 26.0. The molecule has 0 aliphatic heterocycles. The minimum Gasteiger partial charge on any atom is -0.493 e. The van der Waals surface area contributed by atoms with Gasteiger partial charge in [0.05, 0.1) is 18.3 Å². The highest BCUT2D eigenvalue weighted by Crippen LogP contribution is 2.30. The summed E-state index contributed by atoms with van der Waals surface area (Å²) in [6, 6.07) is 8.53. The fourth-order valence-electron chi connectivity index (χ4n) is 2.92. The summed E-state index contributed by atoms with van der Waals surface area (Å²) in [6.07, 6.45) is -3.46. The number of methoxy groups -OCH3 is 1. The molecule has 0 atom stereocenters. The van der Waals surface area contributed by atoms with Crippen LogP contribution in [0.15, 0.2) is 45.7 Å². The monoisotopic (exact) mass is 509 g/mol. The van der Waals surface area contributed by atoms with Gasteiger partial charge in [0, 0.05) is 17.4 Å². The molecule has 14 heteroatoms. The number of nitrogens with zero attached hydrogens (tertiary/aromatic N) is 2. The molecule has 4 rings (SSSR count). The highest BCUT2D eigenvalue weighted by molar-refractivity contribution is 5.78. The molecule has 0 aliphatic rings. The van der Waals surface area contributed by atoms with Crippen molar-refractivity contribution in [2.75, 3.05) is 17.7 Å². The molecule has 0 saturated heterocycles. The molecule has 0 spiro atoms. The number of anilines is 4. The van der Waals surface area contributed by atoms with Gasteiger partial charge in [0.25, 0.3) is 0 Å². The number of alkyl halides is 3. The number of rotatable bonds is 5. The van der Waals surface area contributed by atoms with Crippen molar-refractivity contribution in [2.45, 2.75) is 20.0 Å². The zero-order valence-electron chi connectivity index (χ0n) is 19.0.